The third-order valence-corrected chi connectivity index (χ3v) is 4.02. The zero-order chi connectivity index (χ0) is 17.3. The van der Waals surface area contributed by atoms with Crippen molar-refractivity contribution in [2.45, 2.75) is 13.3 Å². The van der Waals surface area contributed by atoms with E-state index in [2.05, 4.69) is 10.3 Å². The number of nitrogens with zero attached hydrogens (tertiary/aromatic N) is 2. The van der Waals surface area contributed by atoms with Gasteiger partial charge in [-0.25, -0.2) is 4.98 Å². The molecule has 0 aliphatic rings. The summed E-state index contributed by atoms with van der Waals surface area (Å²) in [6.45, 7) is 1.82. The van der Waals surface area contributed by atoms with Gasteiger partial charge >= 0.3 is 0 Å². The molecule has 3 aromatic rings. The second kappa shape index (κ2) is 6.23. The van der Waals surface area contributed by atoms with Crippen LogP contribution in [0.15, 0.2) is 42.7 Å². The van der Waals surface area contributed by atoms with Gasteiger partial charge in [0.1, 0.15) is 0 Å². The van der Waals surface area contributed by atoms with Gasteiger partial charge in [0.25, 0.3) is 0 Å². The fourth-order valence-corrected chi connectivity index (χ4v) is 2.62. The zero-order valence-corrected chi connectivity index (χ0v) is 13.5. The van der Waals surface area contributed by atoms with Crippen molar-refractivity contribution in [3.63, 3.8) is 0 Å². The molecule has 3 N–H and O–H groups in total. The van der Waals surface area contributed by atoms with E-state index in [0.29, 0.717) is 12.1 Å². The zero-order valence-electron chi connectivity index (χ0n) is 13.5. The number of phenolic OH excluding ortho intramolecular Hbond substituents is 2. The fourth-order valence-electron chi connectivity index (χ4n) is 2.62. The van der Waals surface area contributed by atoms with Gasteiger partial charge in [0, 0.05) is 18.7 Å². The molecular formula is C18H19N3O3. The second-order valence-corrected chi connectivity index (χ2v) is 5.98. The van der Waals surface area contributed by atoms with Crippen LogP contribution in [0.1, 0.15) is 12.5 Å². The molecule has 0 saturated heterocycles. The number of amides is 1. The molecule has 124 valence electrons. The van der Waals surface area contributed by atoms with E-state index in [1.165, 1.54) is 12.1 Å². The van der Waals surface area contributed by atoms with Crippen molar-refractivity contribution in [3.05, 3.63) is 48.3 Å². The van der Waals surface area contributed by atoms with Crippen LogP contribution in [-0.4, -0.2) is 25.7 Å². The summed E-state index contributed by atoms with van der Waals surface area (Å²) in [5.74, 6) is -0.744. The van der Waals surface area contributed by atoms with Gasteiger partial charge in [0.2, 0.25) is 5.91 Å². The van der Waals surface area contributed by atoms with Crippen LogP contribution in [0.5, 0.6) is 11.5 Å². The van der Waals surface area contributed by atoms with Crippen molar-refractivity contribution < 1.29 is 15.0 Å². The molecule has 0 bridgehead atoms. The number of rotatable bonds is 4. The molecule has 1 aromatic heterocycles. The smallest absolute Gasteiger partial charge is 0.227 e. The minimum Gasteiger partial charge on any atom is -0.504 e. The Labute approximate surface area is 139 Å². The molecule has 0 radical (unpaired) electrons. The van der Waals surface area contributed by atoms with Crippen LogP contribution in [0, 0.1) is 5.92 Å². The van der Waals surface area contributed by atoms with E-state index in [1.807, 2.05) is 36.7 Å². The lowest BCUT2D eigenvalue weighted by atomic mass is 10.00. The summed E-state index contributed by atoms with van der Waals surface area (Å²) >= 11 is 0. The lowest BCUT2D eigenvalue weighted by Gasteiger charge is -2.13. The van der Waals surface area contributed by atoms with E-state index in [0.717, 1.165) is 16.6 Å². The molecule has 0 aliphatic heterocycles. The molecule has 24 heavy (non-hydrogen) atoms. The minimum absolute atomic E-state index is 0.113. The van der Waals surface area contributed by atoms with Crippen LogP contribution in [0.3, 0.4) is 0 Å². The van der Waals surface area contributed by atoms with E-state index in [4.69, 9.17) is 0 Å². The maximum Gasteiger partial charge on any atom is 0.227 e. The third kappa shape index (κ3) is 3.17. The molecule has 2 aromatic carbocycles. The number of anilines is 1. The molecule has 1 unspecified atom stereocenters. The number of aromatic nitrogens is 2. The van der Waals surface area contributed by atoms with Crippen LogP contribution in [0.25, 0.3) is 11.0 Å². The Kier molecular flexibility index (Phi) is 4.12. The maximum absolute atomic E-state index is 12.4. The lowest BCUT2D eigenvalue weighted by Crippen LogP contribution is -2.22. The topological polar surface area (TPSA) is 87.4 Å². The summed E-state index contributed by atoms with van der Waals surface area (Å²) in [5.41, 5.74) is 3.31. The van der Waals surface area contributed by atoms with Gasteiger partial charge in [0.15, 0.2) is 11.5 Å². The molecule has 0 saturated carbocycles. The van der Waals surface area contributed by atoms with Gasteiger partial charge in [-0.3, -0.25) is 4.79 Å². The molecule has 6 heteroatoms. The molecule has 1 atom stereocenters. The first kappa shape index (κ1) is 15.9. The largest absolute Gasteiger partial charge is 0.504 e. The number of imidazole rings is 1. The highest BCUT2D eigenvalue weighted by molar-refractivity contribution is 5.94. The Balaban J connectivity index is 1.69. The van der Waals surface area contributed by atoms with Crippen molar-refractivity contribution in [2.24, 2.45) is 13.0 Å². The summed E-state index contributed by atoms with van der Waals surface area (Å²) in [7, 11) is 1.92. The first-order valence-corrected chi connectivity index (χ1v) is 7.67. The average Bonchev–Trinajstić information content (AvgIpc) is 2.91. The van der Waals surface area contributed by atoms with Crippen molar-refractivity contribution in [1.82, 2.24) is 9.55 Å². The molecule has 6 nitrogen and oxygen atoms in total. The number of phenols is 2. The molecule has 0 spiro atoms. The van der Waals surface area contributed by atoms with Gasteiger partial charge in [-0.15, -0.1) is 0 Å². The van der Waals surface area contributed by atoms with Gasteiger partial charge in [-0.2, -0.15) is 0 Å². The molecule has 3 rings (SSSR count). The van der Waals surface area contributed by atoms with Crippen molar-refractivity contribution in [1.29, 1.82) is 0 Å². The number of carbonyl (C=O) groups excluding carboxylic acids is 1. The van der Waals surface area contributed by atoms with E-state index in [9.17, 15) is 15.0 Å². The predicted molar refractivity (Wildman–Crippen MR) is 92.0 cm³/mol. The highest BCUT2D eigenvalue weighted by atomic mass is 16.3. The number of hydrogen-bond acceptors (Lipinski definition) is 4. The van der Waals surface area contributed by atoms with Gasteiger partial charge in [-0.05, 0) is 42.3 Å². The highest BCUT2D eigenvalue weighted by Gasteiger charge is 2.15. The summed E-state index contributed by atoms with van der Waals surface area (Å²) in [6, 6.07) is 10.2. The van der Waals surface area contributed by atoms with Crippen molar-refractivity contribution in [3.8, 4) is 11.5 Å². The Hall–Kier alpha value is -3.02. The van der Waals surface area contributed by atoms with Crippen LogP contribution < -0.4 is 5.32 Å². The lowest BCUT2D eigenvalue weighted by molar-refractivity contribution is -0.119. The number of benzene rings is 2. The number of hydrogen-bond donors (Lipinski definition) is 3. The van der Waals surface area contributed by atoms with E-state index in [-0.39, 0.29) is 23.3 Å². The van der Waals surface area contributed by atoms with Gasteiger partial charge in [0.05, 0.1) is 17.4 Å². The summed E-state index contributed by atoms with van der Waals surface area (Å²) < 4.78 is 1.92. The quantitative estimate of drug-likeness (QED) is 0.644. The summed E-state index contributed by atoms with van der Waals surface area (Å²) in [6.07, 6.45) is 2.20. The highest BCUT2D eigenvalue weighted by Crippen LogP contribution is 2.26. The number of aryl methyl sites for hydroxylation is 1. The number of carbonyl (C=O) groups is 1. The summed E-state index contributed by atoms with van der Waals surface area (Å²) in [5, 5.41) is 21.8. The Morgan fingerprint density at radius 1 is 1.21 bits per heavy atom. The van der Waals surface area contributed by atoms with E-state index >= 15 is 0 Å². The molecule has 1 amide bonds. The number of fused-ring (bicyclic) bond motifs is 1. The summed E-state index contributed by atoms with van der Waals surface area (Å²) in [4.78, 5) is 16.6. The first-order chi connectivity index (χ1) is 11.4. The van der Waals surface area contributed by atoms with Gasteiger partial charge < -0.3 is 20.1 Å². The molecule has 0 aliphatic carbocycles. The monoisotopic (exact) mass is 325 g/mol. The van der Waals surface area contributed by atoms with Crippen LogP contribution in [0.2, 0.25) is 0 Å². The Morgan fingerprint density at radius 2 is 2.00 bits per heavy atom. The van der Waals surface area contributed by atoms with Crippen LogP contribution >= 0.6 is 0 Å². The van der Waals surface area contributed by atoms with Crippen molar-refractivity contribution >= 4 is 22.6 Å². The predicted octanol–water partition coefficient (Wildman–Crippen LogP) is 2.80. The first-order valence-electron chi connectivity index (χ1n) is 7.67. The van der Waals surface area contributed by atoms with Crippen molar-refractivity contribution in [2.75, 3.05) is 5.32 Å². The normalized spacial score (nSPS) is 12.2. The average molecular weight is 325 g/mol. The van der Waals surface area contributed by atoms with E-state index < -0.39 is 0 Å². The van der Waals surface area contributed by atoms with Crippen LogP contribution in [-0.2, 0) is 18.3 Å². The number of nitrogens with one attached hydrogen (secondary N) is 1. The second-order valence-electron chi connectivity index (χ2n) is 5.98. The standard InChI is InChI=1S/C18H19N3O3/c1-11(7-12-3-6-16(22)17(23)8-12)18(24)20-13-4-5-15-14(9-13)19-10-21(15)2/h3-6,8-11,22-23H,7H2,1-2H3,(H,20,24). The van der Waals surface area contributed by atoms with Crippen LogP contribution in [0.4, 0.5) is 5.69 Å². The van der Waals surface area contributed by atoms with Gasteiger partial charge in [-0.1, -0.05) is 13.0 Å². The SMILES string of the molecule is CC(Cc1ccc(O)c(O)c1)C(=O)Nc1ccc2c(c1)ncn2C. The minimum atomic E-state index is -0.284. The number of aromatic hydroxyl groups is 2. The molecular weight excluding hydrogens is 306 g/mol. The third-order valence-electron chi connectivity index (χ3n) is 4.02. The Morgan fingerprint density at radius 3 is 2.75 bits per heavy atom. The molecule has 0 fully saturated rings. The fraction of sp³-hybridized carbons (Fsp3) is 0.222. The maximum atomic E-state index is 12.4. The Bertz CT molecular complexity index is 902. The molecule has 1 heterocycles. The van der Waals surface area contributed by atoms with E-state index in [1.54, 1.807) is 12.4 Å².